The highest BCUT2D eigenvalue weighted by Gasteiger charge is 2.19. The second-order valence-electron chi connectivity index (χ2n) is 5.83. The molecule has 0 aliphatic carbocycles. The Labute approximate surface area is 119 Å². The van der Waals surface area contributed by atoms with Gasteiger partial charge in [0.05, 0.1) is 11.4 Å². The zero-order valence-electron chi connectivity index (χ0n) is 12.0. The minimum atomic E-state index is 0.264. The Morgan fingerprint density at radius 2 is 2.11 bits per heavy atom. The first-order valence-electron chi connectivity index (χ1n) is 6.56. The molecule has 0 spiro atoms. The molecule has 0 aromatic carbocycles. The Hall–Kier alpha value is -1.26. The van der Waals surface area contributed by atoms with Crippen molar-refractivity contribution in [1.29, 1.82) is 0 Å². The minimum Gasteiger partial charge on any atom is -0.308 e. The van der Waals surface area contributed by atoms with Crippen molar-refractivity contribution < 1.29 is 0 Å². The van der Waals surface area contributed by atoms with Crippen molar-refractivity contribution in [2.75, 3.05) is 0 Å². The second-order valence-corrected chi connectivity index (χ2v) is 6.69. The van der Waals surface area contributed by atoms with E-state index in [1.807, 2.05) is 18.2 Å². The molecule has 0 bridgehead atoms. The van der Waals surface area contributed by atoms with Gasteiger partial charge >= 0.3 is 0 Å². The first-order chi connectivity index (χ1) is 8.97. The highest BCUT2D eigenvalue weighted by atomic mass is 32.1. The molecular formula is C15H21N3S. The predicted molar refractivity (Wildman–Crippen MR) is 81.1 cm³/mol. The molecule has 3 nitrogen and oxygen atoms in total. The molecule has 0 saturated carbocycles. The zero-order chi connectivity index (χ0) is 13.9. The van der Waals surface area contributed by atoms with Crippen LogP contribution < -0.4 is 5.32 Å². The number of aromatic nitrogens is 2. The predicted octanol–water partition coefficient (Wildman–Crippen LogP) is 3.73. The smallest absolute Gasteiger partial charge is 0.142 e. The summed E-state index contributed by atoms with van der Waals surface area (Å²) in [6.07, 6.45) is 1.80. The van der Waals surface area contributed by atoms with Gasteiger partial charge in [-0.05, 0) is 24.5 Å². The zero-order valence-corrected chi connectivity index (χ0v) is 12.8. The monoisotopic (exact) mass is 275 g/mol. The van der Waals surface area contributed by atoms with E-state index in [9.17, 15) is 0 Å². The van der Waals surface area contributed by atoms with Crippen LogP contribution in [0.3, 0.4) is 0 Å². The van der Waals surface area contributed by atoms with Gasteiger partial charge in [-0.15, -0.1) is 11.3 Å². The Balaban J connectivity index is 1.99. The largest absolute Gasteiger partial charge is 0.308 e. The van der Waals surface area contributed by atoms with E-state index in [4.69, 9.17) is 0 Å². The molecule has 1 unspecified atom stereocenters. The molecule has 0 aliphatic rings. The van der Waals surface area contributed by atoms with Gasteiger partial charge in [0.15, 0.2) is 0 Å². The summed E-state index contributed by atoms with van der Waals surface area (Å²) >= 11 is 1.65. The lowest BCUT2D eigenvalue weighted by molar-refractivity contribution is 0.284. The van der Waals surface area contributed by atoms with Crippen LogP contribution in [-0.2, 0) is 6.54 Å². The van der Waals surface area contributed by atoms with E-state index in [-0.39, 0.29) is 5.41 Å². The van der Waals surface area contributed by atoms with Crippen LogP contribution in [0.15, 0.2) is 29.8 Å². The first kappa shape index (κ1) is 14.2. The van der Waals surface area contributed by atoms with Crippen LogP contribution in [0.25, 0.3) is 10.7 Å². The average Bonchev–Trinajstić information content (AvgIpc) is 2.84. The maximum atomic E-state index is 4.63. The number of pyridine rings is 1. The molecule has 0 amide bonds. The lowest BCUT2D eigenvalue weighted by atomic mass is 9.88. The number of hydrogen-bond acceptors (Lipinski definition) is 4. The van der Waals surface area contributed by atoms with Crippen molar-refractivity contribution in [3.05, 3.63) is 35.5 Å². The molecule has 0 fully saturated rings. The number of thiazole rings is 1. The van der Waals surface area contributed by atoms with E-state index in [2.05, 4.69) is 48.4 Å². The van der Waals surface area contributed by atoms with E-state index in [0.717, 1.165) is 22.9 Å². The van der Waals surface area contributed by atoms with E-state index in [1.165, 1.54) is 0 Å². The van der Waals surface area contributed by atoms with Crippen LogP contribution in [0.4, 0.5) is 0 Å². The number of rotatable bonds is 4. The van der Waals surface area contributed by atoms with Gasteiger partial charge in [0, 0.05) is 24.2 Å². The Bertz CT molecular complexity index is 514. The second kappa shape index (κ2) is 5.80. The van der Waals surface area contributed by atoms with Crippen molar-refractivity contribution in [2.45, 2.75) is 40.3 Å². The topological polar surface area (TPSA) is 37.8 Å². The molecule has 2 aromatic rings. The maximum absolute atomic E-state index is 4.63. The minimum absolute atomic E-state index is 0.264. The quantitative estimate of drug-likeness (QED) is 0.924. The molecule has 2 aromatic heterocycles. The molecule has 4 heteroatoms. The Morgan fingerprint density at radius 3 is 2.74 bits per heavy atom. The highest BCUT2D eigenvalue weighted by molar-refractivity contribution is 7.13. The highest BCUT2D eigenvalue weighted by Crippen LogP contribution is 2.22. The van der Waals surface area contributed by atoms with Crippen molar-refractivity contribution in [3.8, 4) is 10.7 Å². The standard InChI is InChI=1S/C15H21N3S/c1-11(15(2,3)4)17-9-12-10-19-14(18-12)13-7-5-6-8-16-13/h5-8,10-11,17H,9H2,1-4H3. The number of nitrogens with one attached hydrogen (secondary N) is 1. The van der Waals surface area contributed by atoms with Crippen molar-refractivity contribution >= 4 is 11.3 Å². The van der Waals surface area contributed by atoms with Crippen LogP contribution in [-0.4, -0.2) is 16.0 Å². The SMILES string of the molecule is CC(NCc1csc(-c2ccccn2)n1)C(C)(C)C. The van der Waals surface area contributed by atoms with Crippen LogP contribution >= 0.6 is 11.3 Å². The molecule has 0 radical (unpaired) electrons. The summed E-state index contributed by atoms with van der Waals surface area (Å²) in [5.41, 5.74) is 2.30. The Morgan fingerprint density at radius 1 is 1.32 bits per heavy atom. The van der Waals surface area contributed by atoms with Gasteiger partial charge in [0.25, 0.3) is 0 Å². The summed E-state index contributed by atoms with van der Waals surface area (Å²) in [6, 6.07) is 6.36. The fraction of sp³-hybridized carbons (Fsp3) is 0.467. The summed E-state index contributed by atoms with van der Waals surface area (Å²) in [6.45, 7) is 9.74. The van der Waals surface area contributed by atoms with E-state index >= 15 is 0 Å². The third kappa shape index (κ3) is 3.85. The van der Waals surface area contributed by atoms with Crippen molar-refractivity contribution in [3.63, 3.8) is 0 Å². The van der Waals surface area contributed by atoms with Gasteiger partial charge in [-0.1, -0.05) is 26.8 Å². The normalized spacial score (nSPS) is 13.5. The van der Waals surface area contributed by atoms with E-state index in [0.29, 0.717) is 6.04 Å². The van der Waals surface area contributed by atoms with Crippen LogP contribution in [0.1, 0.15) is 33.4 Å². The molecule has 2 heterocycles. The molecule has 2 rings (SSSR count). The van der Waals surface area contributed by atoms with Gasteiger partial charge in [-0.2, -0.15) is 0 Å². The van der Waals surface area contributed by atoms with Crippen LogP contribution in [0, 0.1) is 5.41 Å². The summed E-state index contributed by atoms with van der Waals surface area (Å²) in [7, 11) is 0. The van der Waals surface area contributed by atoms with Crippen molar-refractivity contribution in [2.24, 2.45) is 5.41 Å². The van der Waals surface area contributed by atoms with E-state index < -0.39 is 0 Å². The molecule has 102 valence electrons. The van der Waals surface area contributed by atoms with Gasteiger partial charge in [0.1, 0.15) is 5.01 Å². The van der Waals surface area contributed by atoms with Crippen molar-refractivity contribution in [1.82, 2.24) is 15.3 Å². The van der Waals surface area contributed by atoms with Gasteiger partial charge in [-0.3, -0.25) is 4.98 Å². The number of hydrogen-bond donors (Lipinski definition) is 1. The van der Waals surface area contributed by atoms with E-state index in [1.54, 1.807) is 17.5 Å². The fourth-order valence-corrected chi connectivity index (χ4v) is 2.35. The summed E-state index contributed by atoms with van der Waals surface area (Å²) in [4.78, 5) is 8.95. The van der Waals surface area contributed by atoms with Crippen LogP contribution in [0.2, 0.25) is 0 Å². The van der Waals surface area contributed by atoms with Gasteiger partial charge in [0.2, 0.25) is 0 Å². The first-order valence-corrected chi connectivity index (χ1v) is 7.44. The molecule has 19 heavy (non-hydrogen) atoms. The lowest BCUT2D eigenvalue weighted by Gasteiger charge is -2.27. The van der Waals surface area contributed by atoms with Crippen LogP contribution in [0.5, 0.6) is 0 Å². The molecule has 1 atom stereocenters. The summed E-state index contributed by atoms with van der Waals surface area (Å²) in [5, 5.41) is 6.62. The average molecular weight is 275 g/mol. The summed E-state index contributed by atoms with van der Waals surface area (Å²) in [5.74, 6) is 0. The Kier molecular flexibility index (Phi) is 4.32. The van der Waals surface area contributed by atoms with Gasteiger partial charge < -0.3 is 5.32 Å². The molecule has 0 saturated heterocycles. The third-order valence-corrected chi connectivity index (χ3v) is 4.24. The fourth-order valence-electron chi connectivity index (χ4n) is 1.56. The number of nitrogens with zero attached hydrogens (tertiary/aromatic N) is 2. The molecule has 1 N–H and O–H groups in total. The lowest BCUT2D eigenvalue weighted by Crippen LogP contribution is -2.37. The maximum Gasteiger partial charge on any atom is 0.142 e. The summed E-state index contributed by atoms with van der Waals surface area (Å²) < 4.78 is 0. The third-order valence-electron chi connectivity index (χ3n) is 3.32. The molecule has 0 aliphatic heterocycles. The van der Waals surface area contributed by atoms with Gasteiger partial charge in [-0.25, -0.2) is 4.98 Å². The molecular weight excluding hydrogens is 254 g/mol.